The summed E-state index contributed by atoms with van der Waals surface area (Å²) in [5.41, 5.74) is 1.39. The lowest BCUT2D eigenvalue weighted by Gasteiger charge is -2.11. The Morgan fingerprint density at radius 3 is 2.45 bits per heavy atom. The minimum Gasteiger partial charge on any atom is -0.375 e. The second-order valence-electron chi connectivity index (χ2n) is 4.70. The second kappa shape index (κ2) is 7.02. The van der Waals surface area contributed by atoms with E-state index in [1.807, 2.05) is 0 Å². The van der Waals surface area contributed by atoms with Crippen LogP contribution in [0.25, 0.3) is 0 Å². The monoisotopic (exact) mass is 277 g/mol. The number of nitrogens with one attached hydrogen (secondary N) is 3. The van der Waals surface area contributed by atoms with Gasteiger partial charge in [0, 0.05) is 18.5 Å². The third kappa shape index (κ3) is 4.04. The summed E-state index contributed by atoms with van der Waals surface area (Å²) in [6.07, 6.45) is 1.90. The fourth-order valence-corrected chi connectivity index (χ4v) is 2.10. The summed E-state index contributed by atoms with van der Waals surface area (Å²) in [5, 5.41) is 8.69. The molecular weight excluding hydrogens is 258 g/mol. The van der Waals surface area contributed by atoms with Crippen molar-refractivity contribution in [2.45, 2.75) is 18.9 Å². The molecule has 1 fully saturated rings. The summed E-state index contributed by atoms with van der Waals surface area (Å²) in [6, 6.07) is 6.90. The summed E-state index contributed by atoms with van der Waals surface area (Å²) in [6.45, 7) is 0.911. The number of ether oxygens (including phenoxy) is 1. The van der Waals surface area contributed by atoms with E-state index in [4.69, 9.17) is 4.74 Å². The van der Waals surface area contributed by atoms with Crippen LogP contribution in [0.4, 0.5) is 11.4 Å². The van der Waals surface area contributed by atoms with Crippen LogP contribution in [0.15, 0.2) is 24.3 Å². The van der Waals surface area contributed by atoms with Gasteiger partial charge in [-0.1, -0.05) is 0 Å². The fourth-order valence-electron chi connectivity index (χ4n) is 2.10. The number of amides is 2. The van der Waals surface area contributed by atoms with Gasteiger partial charge in [-0.15, -0.1) is 0 Å². The molecule has 0 bridgehead atoms. The lowest BCUT2D eigenvalue weighted by Crippen LogP contribution is -2.35. The van der Waals surface area contributed by atoms with Gasteiger partial charge in [-0.3, -0.25) is 9.59 Å². The summed E-state index contributed by atoms with van der Waals surface area (Å²) in [5.74, 6) is -0.224. The van der Waals surface area contributed by atoms with E-state index in [1.54, 1.807) is 24.3 Å². The van der Waals surface area contributed by atoms with E-state index >= 15 is 0 Å². The molecule has 1 aromatic carbocycles. The summed E-state index contributed by atoms with van der Waals surface area (Å²) in [4.78, 5) is 23.2. The topological polar surface area (TPSA) is 79.5 Å². The van der Waals surface area contributed by atoms with Crippen LogP contribution in [0, 0.1) is 0 Å². The third-order valence-electron chi connectivity index (χ3n) is 3.09. The molecule has 1 heterocycles. The molecule has 0 aromatic heterocycles. The molecule has 3 N–H and O–H groups in total. The van der Waals surface area contributed by atoms with Crippen LogP contribution in [-0.2, 0) is 14.3 Å². The largest absolute Gasteiger partial charge is 0.375 e. The quantitative estimate of drug-likeness (QED) is 0.749. The molecule has 0 aliphatic carbocycles. The highest BCUT2D eigenvalue weighted by atomic mass is 16.5. The number of rotatable bonds is 5. The lowest BCUT2D eigenvalue weighted by atomic mass is 10.2. The molecule has 2 rings (SSSR count). The van der Waals surface area contributed by atoms with E-state index in [2.05, 4.69) is 16.0 Å². The molecule has 0 radical (unpaired) electrons. The first-order valence-electron chi connectivity index (χ1n) is 6.62. The normalized spacial score (nSPS) is 17.8. The van der Waals surface area contributed by atoms with Crippen molar-refractivity contribution in [3.05, 3.63) is 24.3 Å². The van der Waals surface area contributed by atoms with Gasteiger partial charge in [0.15, 0.2) is 0 Å². The lowest BCUT2D eigenvalue weighted by molar-refractivity contribution is -0.119. The van der Waals surface area contributed by atoms with Gasteiger partial charge in [-0.2, -0.15) is 0 Å². The average molecular weight is 277 g/mol. The predicted octanol–water partition coefficient (Wildman–Crippen LogP) is 0.962. The highest BCUT2D eigenvalue weighted by Gasteiger charge is 2.21. The Hall–Kier alpha value is -1.92. The van der Waals surface area contributed by atoms with Gasteiger partial charge >= 0.3 is 0 Å². The molecule has 1 aliphatic rings. The van der Waals surface area contributed by atoms with Crippen molar-refractivity contribution in [1.82, 2.24) is 5.32 Å². The van der Waals surface area contributed by atoms with Crippen LogP contribution in [0.2, 0.25) is 0 Å². The van der Waals surface area contributed by atoms with Crippen LogP contribution in [0.5, 0.6) is 0 Å². The number of carbonyl (C=O) groups excluding carboxylic acids is 2. The SMILES string of the molecule is COCC(=O)Nc1ccc(NC(=O)[C@@H]2CCCN2)cc1. The van der Waals surface area contributed by atoms with E-state index in [-0.39, 0.29) is 24.5 Å². The zero-order valence-electron chi connectivity index (χ0n) is 11.4. The molecule has 6 nitrogen and oxygen atoms in total. The van der Waals surface area contributed by atoms with E-state index < -0.39 is 0 Å². The number of carbonyl (C=O) groups is 2. The minimum atomic E-state index is -0.209. The summed E-state index contributed by atoms with van der Waals surface area (Å²) < 4.78 is 4.73. The van der Waals surface area contributed by atoms with Crippen molar-refractivity contribution in [1.29, 1.82) is 0 Å². The Kier molecular flexibility index (Phi) is 5.09. The Morgan fingerprint density at radius 2 is 1.90 bits per heavy atom. The van der Waals surface area contributed by atoms with Crippen molar-refractivity contribution in [2.24, 2.45) is 0 Å². The summed E-state index contributed by atoms with van der Waals surface area (Å²) >= 11 is 0. The van der Waals surface area contributed by atoms with E-state index in [0.29, 0.717) is 11.4 Å². The fraction of sp³-hybridized carbons (Fsp3) is 0.429. The number of benzene rings is 1. The van der Waals surface area contributed by atoms with Gasteiger partial charge in [-0.05, 0) is 43.7 Å². The second-order valence-corrected chi connectivity index (χ2v) is 4.70. The molecule has 0 spiro atoms. The van der Waals surface area contributed by atoms with Crippen LogP contribution < -0.4 is 16.0 Å². The van der Waals surface area contributed by atoms with Gasteiger partial charge in [0.25, 0.3) is 0 Å². The molecule has 1 aromatic rings. The Bertz CT molecular complexity index is 467. The number of hydrogen-bond acceptors (Lipinski definition) is 4. The maximum absolute atomic E-state index is 11.9. The van der Waals surface area contributed by atoms with Crippen molar-refractivity contribution >= 4 is 23.2 Å². The minimum absolute atomic E-state index is 0.0151. The van der Waals surface area contributed by atoms with Crippen molar-refractivity contribution < 1.29 is 14.3 Å². The van der Waals surface area contributed by atoms with Crippen molar-refractivity contribution in [3.8, 4) is 0 Å². The first-order valence-corrected chi connectivity index (χ1v) is 6.62. The first kappa shape index (κ1) is 14.5. The Labute approximate surface area is 117 Å². The molecule has 0 saturated carbocycles. The van der Waals surface area contributed by atoms with Crippen molar-refractivity contribution in [3.63, 3.8) is 0 Å². The highest BCUT2D eigenvalue weighted by Crippen LogP contribution is 2.15. The maximum atomic E-state index is 11.9. The van der Waals surface area contributed by atoms with Gasteiger partial charge < -0.3 is 20.7 Å². The first-order chi connectivity index (χ1) is 9.69. The summed E-state index contributed by atoms with van der Waals surface area (Å²) in [7, 11) is 1.47. The number of hydrogen-bond donors (Lipinski definition) is 3. The molecule has 1 atom stereocenters. The standard InChI is InChI=1S/C14H19N3O3/c1-20-9-13(18)16-10-4-6-11(7-5-10)17-14(19)12-3-2-8-15-12/h4-7,12,15H,2-3,8-9H2,1H3,(H,16,18)(H,17,19)/t12-/m0/s1. The van der Waals surface area contributed by atoms with Gasteiger partial charge in [0.2, 0.25) is 11.8 Å². The predicted molar refractivity (Wildman–Crippen MR) is 76.6 cm³/mol. The zero-order chi connectivity index (χ0) is 14.4. The van der Waals surface area contributed by atoms with Gasteiger partial charge in [0.05, 0.1) is 6.04 Å². The zero-order valence-corrected chi connectivity index (χ0v) is 11.4. The van der Waals surface area contributed by atoms with Crippen LogP contribution in [0.1, 0.15) is 12.8 Å². The maximum Gasteiger partial charge on any atom is 0.250 e. The number of anilines is 2. The molecule has 2 amide bonds. The van der Waals surface area contributed by atoms with Gasteiger partial charge in [0.1, 0.15) is 6.61 Å². The molecule has 20 heavy (non-hydrogen) atoms. The van der Waals surface area contributed by atoms with E-state index in [9.17, 15) is 9.59 Å². The number of methoxy groups -OCH3 is 1. The molecule has 0 unspecified atom stereocenters. The average Bonchev–Trinajstić information content (AvgIpc) is 2.95. The van der Waals surface area contributed by atoms with Gasteiger partial charge in [-0.25, -0.2) is 0 Å². The van der Waals surface area contributed by atoms with Crippen LogP contribution in [-0.4, -0.2) is 38.1 Å². The van der Waals surface area contributed by atoms with Crippen LogP contribution in [0.3, 0.4) is 0 Å². The molecule has 1 saturated heterocycles. The third-order valence-corrected chi connectivity index (χ3v) is 3.09. The molecule has 108 valence electrons. The van der Waals surface area contributed by atoms with E-state index in [0.717, 1.165) is 19.4 Å². The highest BCUT2D eigenvalue weighted by molar-refractivity contribution is 5.96. The Morgan fingerprint density at radius 1 is 1.25 bits per heavy atom. The van der Waals surface area contributed by atoms with Crippen molar-refractivity contribution in [2.75, 3.05) is 30.9 Å². The molecule has 1 aliphatic heterocycles. The molecule has 6 heteroatoms. The Balaban J connectivity index is 1.87. The van der Waals surface area contributed by atoms with E-state index in [1.165, 1.54) is 7.11 Å². The van der Waals surface area contributed by atoms with Crippen LogP contribution >= 0.6 is 0 Å². The molecular formula is C14H19N3O3. The smallest absolute Gasteiger partial charge is 0.250 e.